The van der Waals surface area contributed by atoms with E-state index in [-0.39, 0.29) is 18.6 Å². The second-order valence-corrected chi connectivity index (χ2v) is 7.80. The number of nitrogens with one attached hydrogen (secondary N) is 1. The molecular formula is C21H22BrClN4O2. The summed E-state index contributed by atoms with van der Waals surface area (Å²) in [5.41, 5.74) is 2.92. The monoisotopic (exact) mass is 476 g/mol. The molecule has 0 aliphatic heterocycles. The number of benzene rings is 1. The van der Waals surface area contributed by atoms with Crippen LogP contribution in [0.25, 0.3) is 5.69 Å². The maximum atomic E-state index is 13.1. The number of aromatic nitrogens is 3. The van der Waals surface area contributed by atoms with Crippen molar-refractivity contribution in [1.29, 1.82) is 0 Å². The van der Waals surface area contributed by atoms with Gasteiger partial charge in [0.15, 0.2) is 0 Å². The van der Waals surface area contributed by atoms with E-state index >= 15 is 0 Å². The first-order chi connectivity index (χ1) is 14.0. The lowest BCUT2D eigenvalue weighted by atomic mass is 10.0. The predicted molar refractivity (Wildman–Crippen MR) is 116 cm³/mol. The number of hydrogen-bond donors (Lipinski definition) is 1. The molecule has 8 heteroatoms. The lowest BCUT2D eigenvalue weighted by molar-refractivity contribution is 0.0929. The molecule has 0 spiro atoms. The average Bonchev–Trinajstić information content (AvgIpc) is 3.13. The molecule has 1 N–H and O–H groups in total. The summed E-state index contributed by atoms with van der Waals surface area (Å²) >= 11 is 9.33. The fourth-order valence-electron chi connectivity index (χ4n) is 3.08. The molecule has 1 amide bonds. The number of halogens is 2. The van der Waals surface area contributed by atoms with E-state index in [0.29, 0.717) is 16.3 Å². The van der Waals surface area contributed by atoms with Crippen molar-refractivity contribution in [2.75, 3.05) is 7.11 Å². The molecule has 6 nitrogen and oxygen atoms in total. The second kappa shape index (κ2) is 10.0. The third-order valence-corrected chi connectivity index (χ3v) is 5.22. The molecule has 0 saturated carbocycles. The van der Waals surface area contributed by atoms with Crippen LogP contribution in [0.1, 0.15) is 47.4 Å². The first kappa shape index (κ1) is 21.5. The Balaban J connectivity index is 1.89. The van der Waals surface area contributed by atoms with Crippen LogP contribution in [0.2, 0.25) is 5.02 Å². The second-order valence-electron chi connectivity index (χ2n) is 6.56. The van der Waals surface area contributed by atoms with Gasteiger partial charge in [-0.2, -0.15) is 5.10 Å². The largest absolute Gasteiger partial charge is 0.378 e. The Morgan fingerprint density at radius 2 is 2.00 bits per heavy atom. The number of ether oxygens (including phenoxy) is 1. The minimum absolute atomic E-state index is 0.137. The van der Waals surface area contributed by atoms with Crippen molar-refractivity contribution in [3.63, 3.8) is 0 Å². The summed E-state index contributed by atoms with van der Waals surface area (Å²) in [6.07, 6.45) is 5.08. The smallest absolute Gasteiger partial charge is 0.255 e. The molecule has 0 bridgehead atoms. The zero-order valence-corrected chi connectivity index (χ0v) is 18.6. The van der Waals surface area contributed by atoms with Crippen LogP contribution in [0.3, 0.4) is 0 Å². The van der Waals surface area contributed by atoms with Crippen LogP contribution >= 0.6 is 27.5 Å². The molecular weight excluding hydrogens is 456 g/mol. The van der Waals surface area contributed by atoms with Crippen molar-refractivity contribution in [3.8, 4) is 5.69 Å². The van der Waals surface area contributed by atoms with Gasteiger partial charge in [-0.3, -0.25) is 4.79 Å². The van der Waals surface area contributed by atoms with Crippen molar-refractivity contribution in [3.05, 3.63) is 75.2 Å². The van der Waals surface area contributed by atoms with Gasteiger partial charge in [0.2, 0.25) is 0 Å². The molecule has 152 valence electrons. The number of pyridine rings is 1. The number of hydrogen-bond acceptors (Lipinski definition) is 4. The van der Waals surface area contributed by atoms with Crippen LogP contribution in [0.5, 0.6) is 0 Å². The molecule has 0 aliphatic rings. The van der Waals surface area contributed by atoms with Crippen LogP contribution in [-0.4, -0.2) is 27.8 Å². The highest BCUT2D eigenvalue weighted by molar-refractivity contribution is 9.10. The first-order valence-electron chi connectivity index (χ1n) is 9.27. The van der Waals surface area contributed by atoms with Gasteiger partial charge in [-0.25, -0.2) is 9.67 Å². The van der Waals surface area contributed by atoms with Crippen molar-refractivity contribution in [1.82, 2.24) is 20.1 Å². The third kappa shape index (κ3) is 5.23. The lowest BCUT2D eigenvalue weighted by Crippen LogP contribution is -2.29. The van der Waals surface area contributed by atoms with Gasteiger partial charge in [-0.05, 0) is 58.2 Å². The number of methoxy groups -OCH3 is 1. The Labute approximate surface area is 183 Å². The quantitative estimate of drug-likeness (QED) is 0.458. The van der Waals surface area contributed by atoms with Crippen molar-refractivity contribution >= 4 is 33.4 Å². The normalized spacial score (nSPS) is 12.0. The van der Waals surface area contributed by atoms with Gasteiger partial charge in [-0.15, -0.1) is 0 Å². The Morgan fingerprint density at radius 1 is 1.24 bits per heavy atom. The standard InChI is InChI=1S/C21H22BrClN4O2/c1-3-4-18(14-5-10-20(22)24-11-14)26-21(28)17-12-25-27(19(17)13-29-2)16-8-6-15(23)7-9-16/h5-12,18H,3-4,13H2,1-2H3,(H,26,28). The molecule has 3 rings (SSSR count). The average molecular weight is 478 g/mol. The van der Waals surface area contributed by atoms with E-state index in [4.69, 9.17) is 16.3 Å². The molecule has 2 heterocycles. The summed E-state index contributed by atoms with van der Waals surface area (Å²) in [7, 11) is 1.59. The Hall–Kier alpha value is -2.22. The number of nitrogens with zero attached hydrogens (tertiary/aromatic N) is 3. The highest BCUT2D eigenvalue weighted by atomic mass is 79.9. The number of carbonyl (C=O) groups is 1. The van der Waals surface area contributed by atoms with Crippen LogP contribution in [0.4, 0.5) is 0 Å². The number of carbonyl (C=O) groups excluding carboxylic acids is 1. The van der Waals surface area contributed by atoms with E-state index in [9.17, 15) is 4.79 Å². The van der Waals surface area contributed by atoms with Crippen molar-refractivity contribution in [2.45, 2.75) is 32.4 Å². The molecule has 3 aromatic rings. The predicted octanol–water partition coefficient (Wildman–Crippen LogP) is 5.10. The maximum Gasteiger partial charge on any atom is 0.255 e. The molecule has 29 heavy (non-hydrogen) atoms. The fourth-order valence-corrected chi connectivity index (χ4v) is 3.44. The molecule has 2 aromatic heterocycles. The summed E-state index contributed by atoms with van der Waals surface area (Å²) in [6, 6.07) is 11.0. The SMILES string of the molecule is CCCC(NC(=O)c1cnn(-c2ccc(Cl)cc2)c1COC)c1ccc(Br)nc1. The van der Waals surface area contributed by atoms with E-state index in [0.717, 1.165) is 28.7 Å². The molecule has 1 unspecified atom stereocenters. The fraction of sp³-hybridized carbons (Fsp3) is 0.286. The van der Waals surface area contributed by atoms with Gasteiger partial charge >= 0.3 is 0 Å². The molecule has 0 fully saturated rings. The molecule has 1 aromatic carbocycles. The molecule has 1 atom stereocenters. The van der Waals surface area contributed by atoms with Gasteiger partial charge in [0.25, 0.3) is 5.91 Å². The number of amides is 1. The van der Waals surface area contributed by atoms with Crippen LogP contribution in [-0.2, 0) is 11.3 Å². The van der Waals surface area contributed by atoms with E-state index in [2.05, 4.69) is 38.3 Å². The minimum Gasteiger partial charge on any atom is -0.378 e. The highest BCUT2D eigenvalue weighted by Crippen LogP contribution is 2.22. The Kier molecular flexibility index (Phi) is 7.41. The van der Waals surface area contributed by atoms with Gasteiger partial charge in [0.05, 0.1) is 35.8 Å². The minimum atomic E-state index is -0.196. The topological polar surface area (TPSA) is 69.0 Å². The van der Waals surface area contributed by atoms with Gasteiger partial charge in [0.1, 0.15) is 4.60 Å². The van der Waals surface area contributed by atoms with E-state index in [1.54, 1.807) is 36.3 Å². The molecule has 0 saturated heterocycles. The lowest BCUT2D eigenvalue weighted by Gasteiger charge is -2.18. The van der Waals surface area contributed by atoms with Gasteiger partial charge in [-0.1, -0.05) is 31.0 Å². The maximum absolute atomic E-state index is 13.1. The molecule has 0 aliphatic carbocycles. The number of rotatable bonds is 8. The summed E-state index contributed by atoms with van der Waals surface area (Å²) in [4.78, 5) is 17.4. The van der Waals surface area contributed by atoms with Crippen molar-refractivity contribution < 1.29 is 9.53 Å². The van der Waals surface area contributed by atoms with E-state index < -0.39 is 0 Å². The summed E-state index contributed by atoms with van der Waals surface area (Å²) < 4.78 is 7.79. The third-order valence-electron chi connectivity index (χ3n) is 4.50. The summed E-state index contributed by atoms with van der Waals surface area (Å²) in [6.45, 7) is 2.34. The van der Waals surface area contributed by atoms with Crippen molar-refractivity contribution in [2.24, 2.45) is 0 Å². The van der Waals surface area contributed by atoms with E-state index in [1.807, 2.05) is 24.3 Å². The zero-order chi connectivity index (χ0) is 20.8. The summed E-state index contributed by atoms with van der Waals surface area (Å²) in [5.74, 6) is -0.196. The van der Waals surface area contributed by atoms with Crippen LogP contribution < -0.4 is 5.32 Å². The van der Waals surface area contributed by atoms with Crippen LogP contribution in [0, 0.1) is 0 Å². The first-order valence-corrected chi connectivity index (χ1v) is 10.4. The van der Waals surface area contributed by atoms with Gasteiger partial charge in [0, 0.05) is 18.3 Å². The zero-order valence-electron chi connectivity index (χ0n) is 16.2. The Morgan fingerprint density at radius 3 is 2.62 bits per heavy atom. The van der Waals surface area contributed by atoms with Crippen LogP contribution in [0.15, 0.2) is 53.4 Å². The van der Waals surface area contributed by atoms with Gasteiger partial charge < -0.3 is 10.1 Å². The summed E-state index contributed by atoms with van der Waals surface area (Å²) in [5, 5.41) is 8.16. The molecule has 0 radical (unpaired) electrons. The highest BCUT2D eigenvalue weighted by Gasteiger charge is 2.22. The Bertz CT molecular complexity index is 958. The van der Waals surface area contributed by atoms with E-state index in [1.165, 1.54) is 0 Å².